The van der Waals surface area contributed by atoms with Gasteiger partial charge in [0, 0.05) is 23.9 Å². The quantitative estimate of drug-likeness (QED) is 0.730. The summed E-state index contributed by atoms with van der Waals surface area (Å²) in [6.45, 7) is 0.219. The van der Waals surface area contributed by atoms with Crippen molar-refractivity contribution in [3.63, 3.8) is 0 Å². The van der Waals surface area contributed by atoms with Crippen molar-refractivity contribution < 1.29 is 4.79 Å². The van der Waals surface area contributed by atoms with Gasteiger partial charge in [-0.05, 0) is 11.3 Å². The third kappa shape index (κ3) is 2.85. The molecule has 2 aromatic rings. The van der Waals surface area contributed by atoms with Gasteiger partial charge in [0.1, 0.15) is 0 Å². The van der Waals surface area contributed by atoms with E-state index in [4.69, 9.17) is 5.73 Å². The predicted octanol–water partition coefficient (Wildman–Crippen LogP) is -0.109. The number of aromatic nitrogens is 4. The molecule has 1 amide bonds. The van der Waals surface area contributed by atoms with E-state index >= 15 is 0 Å². The first kappa shape index (κ1) is 12.1. The fraction of sp³-hybridized carbons (Fsp3) is 0.100. The SMILES string of the molecule is NCC#Cc1cnccc1C(=O)Nc1nnns1. The largest absolute Gasteiger partial charge is 0.320 e. The average molecular weight is 260 g/mol. The van der Waals surface area contributed by atoms with Crippen molar-refractivity contribution >= 4 is 22.6 Å². The van der Waals surface area contributed by atoms with E-state index in [1.54, 1.807) is 6.07 Å². The van der Waals surface area contributed by atoms with Crippen LogP contribution in [-0.4, -0.2) is 32.2 Å². The van der Waals surface area contributed by atoms with Crippen molar-refractivity contribution in [3.8, 4) is 11.8 Å². The highest BCUT2D eigenvalue weighted by atomic mass is 32.1. The Morgan fingerprint density at radius 2 is 2.44 bits per heavy atom. The number of hydrogen-bond acceptors (Lipinski definition) is 7. The van der Waals surface area contributed by atoms with Gasteiger partial charge in [-0.25, -0.2) is 0 Å². The summed E-state index contributed by atoms with van der Waals surface area (Å²) in [6, 6.07) is 1.57. The van der Waals surface area contributed by atoms with Gasteiger partial charge in [-0.3, -0.25) is 15.1 Å². The summed E-state index contributed by atoms with van der Waals surface area (Å²) in [6.07, 6.45) is 3.02. The molecule has 2 heterocycles. The molecule has 0 bridgehead atoms. The molecule has 0 saturated carbocycles. The van der Waals surface area contributed by atoms with Gasteiger partial charge in [0.25, 0.3) is 5.91 Å². The number of carbonyl (C=O) groups excluding carboxylic acids is 1. The number of amides is 1. The van der Waals surface area contributed by atoms with Crippen LogP contribution in [0.5, 0.6) is 0 Å². The van der Waals surface area contributed by atoms with E-state index in [1.807, 2.05) is 0 Å². The van der Waals surface area contributed by atoms with Crippen molar-refractivity contribution in [2.45, 2.75) is 0 Å². The Kier molecular flexibility index (Phi) is 3.90. The van der Waals surface area contributed by atoms with Crippen LogP contribution in [0.2, 0.25) is 0 Å². The highest BCUT2D eigenvalue weighted by Crippen LogP contribution is 2.10. The number of nitrogens with two attached hydrogens (primary N) is 1. The second kappa shape index (κ2) is 5.81. The Labute approximate surface area is 107 Å². The lowest BCUT2D eigenvalue weighted by molar-refractivity contribution is 0.102. The number of anilines is 1. The summed E-state index contributed by atoms with van der Waals surface area (Å²) < 4.78 is 3.55. The molecule has 0 saturated heterocycles. The summed E-state index contributed by atoms with van der Waals surface area (Å²) in [5.74, 6) is 5.13. The monoisotopic (exact) mass is 260 g/mol. The summed E-state index contributed by atoms with van der Waals surface area (Å²) in [5, 5.41) is 9.92. The lowest BCUT2D eigenvalue weighted by atomic mass is 10.1. The van der Waals surface area contributed by atoms with Gasteiger partial charge in [0.2, 0.25) is 5.13 Å². The van der Waals surface area contributed by atoms with E-state index in [-0.39, 0.29) is 12.5 Å². The lowest BCUT2D eigenvalue weighted by Crippen LogP contribution is -2.13. The van der Waals surface area contributed by atoms with E-state index in [2.05, 4.69) is 36.9 Å². The molecule has 0 aliphatic carbocycles. The zero-order valence-electron chi connectivity index (χ0n) is 9.12. The number of nitrogens with one attached hydrogen (secondary N) is 1. The maximum atomic E-state index is 12.0. The fourth-order valence-electron chi connectivity index (χ4n) is 1.18. The van der Waals surface area contributed by atoms with Gasteiger partial charge >= 0.3 is 0 Å². The van der Waals surface area contributed by atoms with Crippen molar-refractivity contribution in [1.82, 2.24) is 19.8 Å². The van der Waals surface area contributed by atoms with Crippen LogP contribution >= 0.6 is 11.5 Å². The van der Waals surface area contributed by atoms with Gasteiger partial charge in [0.15, 0.2) is 0 Å². The van der Waals surface area contributed by atoms with Crippen LogP contribution in [0.4, 0.5) is 5.13 Å². The molecule has 0 radical (unpaired) electrons. The molecule has 18 heavy (non-hydrogen) atoms. The molecule has 0 spiro atoms. The molecule has 0 fully saturated rings. The predicted molar refractivity (Wildman–Crippen MR) is 65.8 cm³/mol. The molecule has 8 heteroatoms. The maximum Gasteiger partial charge on any atom is 0.258 e. The van der Waals surface area contributed by atoms with E-state index < -0.39 is 0 Å². The van der Waals surface area contributed by atoms with Crippen LogP contribution in [0, 0.1) is 11.8 Å². The minimum absolute atomic E-state index is 0.219. The summed E-state index contributed by atoms with van der Waals surface area (Å²) in [4.78, 5) is 15.9. The molecule has 0 unspecified atom stereocenters. The molecule has 90 valence electrons. The molecule has 2 aromatic heterocycles. The van der Waals surface area contributed by atoms with Gasteiger partial charge in [-0.15, -0.1) is 0 Å². The van der Waals surface area contributed by atoms with E-state index in [0.717, 1.165) is 11.5 Å². The number of hydrogen-bond donors (Lipinski definition) is 2. The fourth-order valence-corrected chi connectivity index (χ4v) is 1.55. The third-order valence-electron chi connectivity index (χ3n) is 1.91. The number of carbonyl (C=O) groups is 1. The van der Waals surface area contributed by atoms with Gasteiger partial charge < -0.3 is 5.73 Å². The molecule has 7 nitrogen and oxygen atoms in total. The molecule has 0 aliphatic heterocycles. The summed E-state index contributed by atoms with van der Waals surface area (Å²) >= 11 is 0.994. The van der Waals surface area contributed by atoms with E-state index in [1.165, 1.54) is 12.4 Å². The first-order valence-electron chi connectivity index (χ1n) is 4.90. The average Bonchev–Trinajstić information content (AvgIpc) is 2.89. The normalized spacial score (nSPS) is 9.39. The van der Waals surface area contributed by atoms with E-state index in [0.29, 0.717) is 16.3 Å². The highest BCUT2D eigenvalue weighted by Gasteiger charge is 2.12. The molecule has 0 aromatic carbocycles. The zero-order valence-corrected chi connectivity index (χ0v) is 9.94. The third-order valence-corrected chi connectivity index (χ3v) is 2.42. The molecule has 0 aliphatic rings. The molecule has 3 N–H and O–H groups in total. The second-order valence-corrected chi connectivity index (χ2v) is 3.78. The minimum atomic E-state index is -0.336. The maximum absolute atomic E-state index is 12.0. The van der Waals surface area contributed by atoms with Crippen LogP contribution in [0.1, 0.15) is 15.9 Å². The number of rotatable bonds is 2. The Bertz CT molecular complexity index is 600. The van der Waals surface area contributed by atoms with Crippen molar-refractivity contribution in [2.75, 3.05) is 11.9 Å². The van der Waals surface area contributed by atoms with Crippen molar-refractivity contribution in [1.29, 1.82) is 0 Å². The first-order valence-corrected chi connectivity index (χ1v) is 5.68. The topological polar surface area (TPSA) is 107 Å². The zero-order chi connectivity index (χ0) is 12.8. The Morgan fingerprint density at radius 1 is 1.56 bits per heavy atom. The second-order valence-electron chi connectivity index (χ2n) is 3.05. The van der Waals surface area contributed by atoms with Crippen LogP contribution in [0.15, 0.2) is 18.5 Å². The summed E-state index contributed by atoms with van der Waals surface area (Å²) in [5.41, 5.74) is 6.21. The van der Waals surface area contributed by atoms with Crippen LogP contribution in [-0.2, 0) is 0 Å². The smallest absolute Gasteiger partial charge is 0.258 e. The van der Waals surface area contributed by atoms with Gasteiger partial charge in [0.05, 0.1) is 17.7 Å². The van der Waals surface area contributed by atoms with E-state index in [9.17, 15) is 4.79 Å². The highest BCUT2D eigenvalue weighted by molar-refractivity contribution is 7.09. The van der Waals surface area contributed by atoms with Gasteiger partial charge in [-0.1, -0.05) is 21.4 Å². The van der Waals surface area contributed by atoms with Crippen molar-refractivity contribution in [3.05, 3.63) is 29.6 Å². The van der Waals surface area contributed by atoms with Gasteiger partial charge in [-0.2, -0.15) is 0 Å². The molecular formula is C10H8N6OS. The first-order chi connectivity index (χ1) is 8.81. The standard InChI is InChI=1S/C10H8N6OS/c11-4-1-2-7-6-12-5-3-8(7)9(17)13-10-14-15-16-18-10/h3,5-6H,4,11H2,(H,13,14,16,17). The molecule has 0 atom stereocenters. The Hall–Kier alpha value is -2.37. The van der Waals surface area contributed by atoms with Crippen molar-refractivity contribution in [2.24, 2.45) is 5.73 Å². The van der Waals surface area contributed by atoms with Crippen LogP contribution < -0.4 is 11.1 Å². The molecule has 2 rings (SSSR count). The molecular weight excluding hydrogens is 252 g/mol. The van der Waals surface area contributed by atoms with Crippen LogP contribution in [0.25, 0.3) is 0 Å². The Balaban J connectivity index is 2.24. The Morgan fingerprint density at radius 3 is 3.17 bits per heavy atom. The number of nitrogens with zero attached hydrogens (tertiary/aromatic N) is 4. The summed E-state index contributed by atoms with van der Waals surface area (Å²) in [7, 11) is 0. The van der Waals surface area contributed by atoms with Crippen LogP contribution in [0.3, 0.4) is 0 Å². The lowest BCUT2D eigenvalue weighted by Gasteiger charge is -2.02. The number of pyridine rings is 1. The minimum Gasteiger partial charge on any atom is -0.320 e.